The van der Waals surface area contributed by atoms with Crippen molar-refractivity contribution in [2.75, 3.05) is 18.5 Å². The van der Waals surface area contributed by atoms with Crippen LogP contribution in [0.1, 0.15) is 18.4 Å². The van der Waals surface area contributed by atoms with Gasteiger partial charge in [0.15, 0.2) is 11.6 Å². The lowest BCUT2D eigenvalue weighted by Gasteiger charge is -2.20. The zero-order valence-electron chi connectivity index (χ0n) is 9.54. The zero-order chi connectivity index (χ0) is 12.6. The van der Waals surface area contributed by atoms with Gasteiger partial charge in [-0.3, -0.25) is 0 Å². The second-order valence-electron chi connectivity index (χ2n) is 4.45. The van der Waals surface area contributed by atoms with Crippen LogP contribution < -0.4 is 10.6 Å². The largest absolute Gasteiger partial charge is 0.389 e. The van der Waals surface area contributed by atoms with Crippen LogP contribution in [0.25, 0.3) is 0 Å². The molecule has 0 bridgehead atoms. The summed E-state index contributed by atoms with van der Waals surface area (Å²) in [6.45, 7) is 0.753. The lowest BCUT2D eigenvalue weighted by atomic mass is 10.1. The standard InChI is InChI=1S/C12H14F2N2S/c1-16(6-7-2-3-7)9-5-4-8(12(15)17)10(13)11(9)14/h4-5,7H,2-3,6H2,1H3,(H2,15,17). The first-order valence-corrected chi connectivity index (χ1v) is 5.90. The summed E-state index contributed by atoms with van der Waals surface area (Å²) in [5, 5.41) is 0. The summed E-state index contributed by atoms with van der Waals surface area (Å²) >= 11 is 4.66. The Morgan fingerprint density at radius 1 is 1.41 bits per heavy atom. The van der Waals surface area contributed by atoms with Gasteiger partial charge in [0, 0.05) is 19.2 Å². The smallest absolute Gasteiger partial charge is 0.182 e. The van der Waals surface area contributed by atoms with E-state index >= 15 is 0 Å². The van der Waals surface area contributed by atoms with Crippen LogP contribution >= 0.6 is 12.2 Å². The highest BCUT2D eigenvalue weighted by atomic mass is 32.1. The average molecular weight is 256 g/mol. The Hall–Kier alpha value is -1.23. The fraction of sp³-hybridized carbons (Fsp3) is 0.417. The minimum absolute atomic E-state index is 0.0407. The number of halogens is 2. The van der Waals surface area contributed by atoms with Gasteiger partial charge in [-0.2, -0.15) is 0 Å². The van der Waals surface area contributed by atoms with E-state index in [4.69, 9.17) is 5.73 Å². The molecular weight excluding hydrogens is 242 g/mol. The van der Waals surface area contributed by atoms with Gasteiger partial charge in [-0.1, -0.05) is 12.2 Å². The zero-order valence-corrected chi connectivity index (χ0v) is 10.4. The first-order valence-electron chi connectivity index (χ1n) is 5.49. The van der Waals surface area contributed by atoms with E-state index in [9.17, 15) is 8.78 Å². The molecule has 1 aromatic rings. The molecule has 1 aromatic carbocycles. The lowest BCUT2D eigenvalue weighted by molar-refractivity contribution is 0.505. The fourth-order valence-electron chi connectivity index (χ4n) is 1.81. The molecule has 5 heteroatoms. The number of nitrogens with two attached hydrogens (primary N) is 1. The summed E-state index contributed by atoms with van der Waals surface area (Å²) < 4.78 is 27.5. The van der Waals surface area contributed by atoms with Crippen molar-refractivity contribution in [2.24, 2.45) is 11.7 Å². The number of hydrogen-bond acceptors (Lipinski definition) is 2. The molecular formula is C12H14F2N2S. The molecule has 0 spiro atoms. The molecule has 2 rings (SSSR count). The Balaban J connectivity index is 2.28. The van der Waals surface area contributed by atoms with Gasteiger partial charge in [-0.25, -0.2) is 8.78 Å². The molecule has 0 radical (unpaired) electrons. The summed E-state index contributed by atoms with van der Waals surface area (Å²) in [4.78, 5) is 1.61. The molecule has 0 heterocycles. The molecule has 2 nitrogen and oxygen atoms in total. The van der Waals surface area contributed by atoms with Gasteiger partial charge in [-0.05, 0) is 30.9 Å². The number of benzene rings is 1. The van der Waals surface area contributed by atoms with E-state index in [1.54, 1.807) is 11.9 Å². The Bertz CT molecular complexity index is 458. The average Bonchev–Trinajstić information content (AvgIpc) is 3.05. The van der Waals surface area contributed by atoms with Crippen molar-refractivity contribution < 1.29 is 8.78 Å². The second-order valence-corrected chi connectivity index (χ2v) is 4.89. The highest BCUT2D eigenvalue weighted by molar-refractivity contribution is 7.80. The first kappa shape index (κ1) is 12.2. The molecule has 1 fully saturated rings. The third-order valence-electron chi connectivity index (χ3n) is 2.97. The van der Waals surface area contributed by atoms with E-state index in [0.717, 1.165) is 6.54 Å². The van der Waals surface area contributed by atoms with Crippen molar-refractivity contribution in [1.29, 1.82) is 0 Å². The van der Waals surface area contributed by atoms with Gasteiger partial charge in [0.05, 0.1) is 5.69 Å². The summed E-state index contributed by atoms with van der Waals surface area (Å²) in [6, 6.07) is 2.95. The summed E-state index contributed by atoms with van der Waals surface area (Å²) in [5.41, 5.74) is 5.53. The topological polar surface area (TPSA) is 29.3 Å². The molecule has 0 amide bonds. The number of thiocarbonyl (C=S) groups is 1. The highest BCUT2D eigenvalue weighted by Gasteiger charge is 2.25. The fourth-order valence-corrected chi connectivity index (χ4v) is 1.97. The van der Waals surface area contributed by atoms with E-state index in [-0.39, 0.29) is 16.2 Å². The van der Waals surface area contributed by atoms with Crippen LogP contribution in [0, 0.1) is 17.6 Å². The lowest BCUT2D eigenvalue weighted by Crippen LogP contribution is -2.22. The maximum atomic E-state index is 13.8. The van der Waals surface area contributed by atoms with Crippen LogP contribution in [0.4, 0.5) is 14.5 Å². The van der Waals surface area contributed by atoms with Gasteiger partial charge < -0.3 is 10.6 Å². The van der Waals surface area contributed by atoms with E-state index in [1.165, 1.54) is 25.0 Å². The molecule has 1 aliphatic rings. The number of anilines is 1. The van der Waals surface area contributed by atoms with Crippen molar-refractivity contribution in [1.82, 2.24) is 0 Å². The molecule has 17 heavy (non-hydrogen) atoms. The molecule has 1 aliphatic carbocycles. The Kier molecular flexibility index (Phi) is 3.28. The quantitative estimate of drug-likeness (QED) is 0.839. The van der Waals surface area contributed by atoms with Gasteiger partial charge in [0.25, 0.3) is 0 Å². The number of nitrogens with zero attached hydrogens (tertiary/aromatic N) is 1. The van der Waals surface area contributed by atoms with Crippen LogP contribution in [0.15, 0.2) is 12.1 Å². The molecule has 0 saturated heterocycles. The van der Waals surface area contributed by atoms with Crippen LogP contribution in [0.3, 0.4) is 0 Å². The molecule has 92 valence electrons. The van der Waals surface area contributed by atoms with E-state index in [0.29, 0.717) is 5.92 Å². The minimum atomic E-state index is -0.961. The predicted molar refractivity (Wildman–Crippen MR) is 68.2 cm³/mol. The summed E-state index contributed by atoms with van der Waals surface area (Å²) in [6.07, 6.45) is 2.33. The van der Waals surface area contributed by atoms with Crippen molar-refractivity contribution in [3.8, 4) is 0 Å². The molecule has 1 saturated carbocycles. The van der Waals surface area contributed by atoms with Crippen molar-refractivity contribution in [3.05, 3.63) is 29.3 Å². The Morgan fingerprint density at radius 2 is 2.06 bits per heavy atom. The van der Waals surface area contributed by atoms with Crippen molar-refractivity contribution in [3.63, 3.8) is 0 Å². The molecule has 0 aromatic heterocycles. The summed E-state index contributed by atoms with van der Waals surface area (Å²) in [5.74, 6) is -1.23. The Morgan fingerprint density at radius 3 is 2.59 bits per heavy atom. The normalized spacial score (nSPS) is 14.8. The van der Waals surface area contributed by atoms with Gasteiger partial charge in [-0.15, -0.1) is 0 Å². The predicted octanol–water partition coefficient (Wildman–Crippen LogP) is 2.45. The molecule has 0 unspecified atom stereocenters. The van der Waals surface area contributed by atoms with Gasteiger partial charge >= 0.3 is 0 Å². The summed E-state index contributed by atoms with van der Waals surface area (Å²) in [7, 11) is 1.76. The van der Waals surface area contributed by atoms with E-state index in [1.807, 2.05) is 0 Å². The second kappa shape index (κ2) is 4.56. The number of rotatable bonds is 4. The monoisotopic (exact) mass is 256 g/mol. The van der Waals surface area contributed by atoms with Crippen LogP contribution in [0.2, 0.25) is 0 Å². The maximum absolute atomic E-state index is 13.8. The minimum Gasteiger partial charge on any atom is -0.389 e. The van der Waals surface area contributed by atoms with E-state index in [2.05, 4.69) is 12.2 Å². The molecule has 2 N–H and O–H groups in total. The van der Waals surface area contributed by atoms with E-state index < -0.39 is 11.6 Å². The highest BCUT2D eigenvalue weighted by Crippen LogP contribution is 2.32. The van der Waals surface area contributed by atoms with Crippen LogP contribution in [-0.2, 0) is 0 Å². The molecule has 0 aliphatic heterocycles. The Labute approximate surface area is 104 Å². The SMILES string of the molecule is CN(CC1CC1)c1ccc(C(N)=S)c(F)c1F. The van der Waals surface area contributed by atoms with Crippen LogP contribution in [-0.4, -0.2) is 18.6 Å². The third kappa shape index (κ3) is 2.54. The van der Waals surface area contributed by atoms with Gasteiger partial charge in [0.2, 0.25) is 0 Å². The third-order valence-corrected chi connectivity index (χ3v) is 3.19. The number of hydrogen-bond donors (Lipinski definition) is 1. The van der Waals surface area contributed by atoms with Crippen LogP contribution in [0.5, 0.6) is 0 Å². The first-order chi connectivity index (χ1) is 8.00. The van der Waals surface area contributed by atoms with Gasteiger partial charge in [0.1, 0.15) is 4.99 Å². The van der Waals surface area contributed by atoms with Crippen molar-refractivity contribution >= 4 is 22.9 Å². The maximum Gasteiger partial charge on any atom is 0.182 e. The molecule has 0 atom stereocenters. The van der Waals surface area contributed by atoms with Crippen molar-refractivity contribution in [2.45, 2.75) is 12.8 Å².